The summed E-state index contributed by atoms with van der Waals surface area (Å²) in [6, 6.07) is 6.14. The summed E-state index contributed by atoms with van der Waals surface area (Å²) in [6.07, 6.45) is 3.96. The van der Waals surface area contributed by atoms with Gasteiger partial charge in [0, 0.05) is 33.1 Å². The fourth-order valence-corrected chi connectivity index (χ4v) is 6.43. The summed E-state index contributed by atoms with van der Waals surface area (Å²) < 4.78 is 18.4. The van der Waals surface area contributed by atoms with Crippen LogP contribution in [0.15, 0.2) is 24.3 Å². The zero-order chi connectivity index (χ0) is 27.9. The summed E-state index contributed by atoms with van der Waals surface area (Å²) >= 11 is 1.08. The van der Waals surface area contributed by atoms with Crippen molar-refractivity contribution >= 4 is 34.4 Å². The molecule has 2 aliphatic rings. The van der Waals surface area contributed by atoms with Gasteiger partial charge >= 0.3 is 12.0 Å². The molecule has 39 heavy (non-hydrogen) atoms. The lowest BCUT2D eigenvalue weighted by Gasteiger charge is -2.42. The molecular weight excluding hydrogens is 521 g/mol. The number of carbonyl (C=O) groups is 3. The molecule has 2 saturated heterocycles. The number of anilines is 1. The van der Waals surface area contributed by atoms with E-state index in [4.69, 9.17) is 4.74 Å². The topological polar surface area (TPSA) is 104 Å². The maximum Gasteiger partial charge on any atom is 0.350 e. The Hall–Kier alpha value is -3.05. The first-order chi connectivity index (χ1) is 18.7. The van der Waals surface area contributed by atoms with Crippen LogP contribution in [0, 0.1) is 24.6 Å². The van der Waals surface area contributed by atoms with Crippen molar-refractivity contribution in [2.24, 2.45) is 11.8 Å². The molecule has 2 aliphatic heterocycles. The average Bonchev–Trinajstić information content (AvgIpc) is 3.26. The molecule has 3 amide bonds. The van der Waals surface area contributed by atoms with E-state index in [2.05, 4.69) is 20.5 Å². The van der Waals surface area contributed by atoms with Crippen molar-refractivity contribution in [2.45, 2.75) is 52.5 Å². The Kier molecular flexibility index (Phi) is 9.90. The largest absolute Gasteiger partial charge is 0.462 e. The molecule has 0 unspecified atom stereocenters. The Balaban J connectivity index is 1.37. The van der Waals surface area contributed by atoms with Gasteiger partial charge in [0.05, 0.1) is 18.3 Å². The minimum absolute atomic E-state index is 0.00683. The van der Waals surface area contributed by atoms with Gasteiger partial charge in [0.15, 0.2) is 5.13 Å². The molecular formula is C28H38FN5O4S. The second kappa shape index (κ2) is 13.3. The third-order valence-electron chi connectivity index (χ3n) is 7.53. The van der Waals surface area contributed by atoms with Gasteiger partial charge in [0.1, 0.15) is 10.7 Å². The summed E-state index contributed by atoms with van der Waals surface area (Å²) in [6.45, 7) is 9.17. The highest BCUT2D eigenvalue weighted by Crippen LogP contribution is 2.26. The van der Waals surface area contributed by atoms with Crippen LogP contribution in [-0.4, -0.2) is 78.1 Å². The van der Waals surface area contributed by atoms with Gasteiger partial charge in [-0.3, -0.25) is 10.1 Å². The van der Waals surface area contributed by atoms with Crippen LogP contribution in [0.1, 0.15) is 54.0 Å². The highest BCUT2D eigenvalue weighted by molar-refractivity contribution is 7.17. The molecule has 2 fully saturated rings. The number of benzene rings is 1. The van der Waals surface area contributed by atoms with Crippen LogP contribution >= 0.6 is 11.3 Å². The van der Waals surface area contributed by atoms with Crippen molar-refractivity contribution in [3.8, 4) is 0 Å². The fourth-order valence-electron chi connectivity index (χ4n) is 5.58. The number of carbonyl (C=O) groups excluding carboxylic acids is 3. The number of aromatic nitrogens is 1. The molecule has 0 radical (unpaired) electrons. The Labute approximate surface area is 233 Å². The van der Waals surface area contributed by atoms with Crippen molar-refractivity contribution in [1.82, 2.24) is 20.1 Å². The Morgan fingerprint density at radius 2 is 1.92 bits per heavy atom. The average molecular weight is 560 g/mol. The molecule has 11 heteroatoms. The van der Waals surface area contributed by atoms with Crippen LogP contribution in [-0.2, 0) is 16.0 Å². The molecule has 0 bridgehead atoms. The van der Waals surface area contributed by atoms with Gasteiger partial charge < -0.3 is 19.9 Å². The number of aryl methyl sites for hydroxylation is 1. The first kappa shape index (κ1) is 28.9. The number of ether oxygens (including phenoxy) is 1. The number of urea groups is 1. The molecule has 1 aromatic heterocycles. The smallest absolute Gasteiger partial charge is 0.350 e. The number of amides is 3. The predicted octanol–water partition coefficient (Wildman–Crippen LogP) is 4.08. The minimum Gasteiger partial charge on any atom is -0.462 e. The maximum absolute atomic E-state index is 13.3. The molecule has 4 rings (SSSR count). The lowest BCUT2D eigenvalue weighted by Crippen LogP contribution is -2.57. The summed E-state index contributed by atoms with van der Waals surface area (Å²) in [4.78, 5) is 46.1. The van der Waals surface area contributed by atoms with Crippen molar-refractivity contribution in [3.63, 3.8) is 0 Å². The number of hydrogen-bond acceptors (Lipinski definition) is 7. The maximum atomic E-state index is 13.3. The summed E-state index contributed by atoms with van der Waals surface area (Å²) in [5, 5.41) is 6.16. The number of hydrogen-bond donors (Lipinski definition) is 2. The SMILES string of the molecule is CCOC(=O)c1sc(NC(=O)N[C@H]2CN(C(C)=O)CC[C@H]2CN2CCC[C@@H](Cc3ccc(F)cc3)C2)nc1C. The van der Waals surface area contributed by atoms with Crippen LogP contribution < -0.4 is 10.6 Å². The van der Waals surface area contributed by atoms with E-state index >= 15 is 0 Å². The lowest BCUT2D eigenvalue weighted by molar-refractivity contribution is -0.130. The van der Waals surface area contributed by atoms with E-state index in [9.17, 15) is 18.8 Å². The molecule has 2 N–H and O–H groups in total. The van der Waals surface area contributed by atoms with Crippen LogP contribution in [0.4, 0.5) is 14.3 Å². The number of thiazole rings is 1. The third-order valence-corrected chi connectivity index (χ3v) is 8.58. The van der Waals surface area contributed by atoms with Gasteiger partial charge in [0.2, 0.25) is 5.91 Å². The van der Waals surface area contributed by atoms with Crippen LogP contribution in [0.3, 0.4) is 0 Å². The number of nitrogens with zero attached hydrogens (tertiary/aromatic N) is 3. The quantitative estimate of drug-likeness (QED) is 0.473. The molecule has 212 valence electrons. The van der Waals surface area contributed by atoms with E-state index in [1.165, 1.54) is 12.1 Å². The monoisotopic (exact) mass is 559 g/mol. The van der Waals surface area contributed by atoms with E-state index in [-0.39, 0.29) is 30.3 Å². The van der Waals surface area contributed by atoms with Gasteiger partial charge in [0.25, 0.3) is 0 Å². The van der Waals surface area contributed by atoms with Crippen molar-refractivity contribution in [3.05, 3.63) is 46.2 Å². The van der Waals surface area contributed by atoms with E-state index < -0.39 is 12.0 Å². The molecule has 0 spiro atoms. The summed E-state index contributed by atoms with van der Waals surface area (Å²) in [5.41, 5.74) is 1.66. The Bertz CT molecular complexity index is 1160. The van der Waals surface area contributed by atoms with Crippen LogP contribution in [0.5, 0.6) is 0 Å². The van der Waals surface area contributed by atoms with Gasteiger partial charge in [-0.1, -0.05) is 23.5 Å². The molecule has 9 nitrogen and oxygen atoms in total. The number of nitrogens with one attached hydrogen (secondary N) is 2. The van der Waals surface area contributed by atoms with Crippen molar-refractivity contribution < 1.29 is 23.5 Å². The molecule has 3 atom stereocenters. The van der Waals surface area contributed by atoms with Crippen molar-refractivity contribution in [2.75, 3.05) is 44.6 Å². The number of likely N-dealkylation sites (tertiary alicyclic amines) is 2. The van der Waals surface area contributed by atoms with Gasteiger partial charge in [-0.05, 0) is 75.6 Å². The standard InChI is InChI=1S/C28H38FN5O4S/c1-4-38-26(36)25-18(2)30-28(39-25)32-27(37)31-24-17-34(19(3)35)13-11-22(24)16-33-12-5-6-21(15-33)14-20-7-9-23(29)10-8-20/h7-10,21-22,24H,4-6,11-17H2,1-3H3,(H2,30,31,32,37)/t21-,22-,24-/m0/s1. The Morgan fingerprint density at radius 1 is 1.15 bits per heavy atom. The number of piperidine rings is 2. The summed E-state index contributed by atoms with van der Waals surface area (Å²) in [7, 11) is 0. The highest BCUT2D eigenvalue weighted by Gasteiger charge is 2.34. The summed E-state index contributed by atoms with van der Waals surface area (Å²) in [5.74, 6) is 0.00670. The van der Waals surface area contributed by atoms with E-state index in [1.54, 1.807) is 25.7 Å². The number of rotatable bonds is 8. The van der Waals surface area contributed by atoms with Gasteiger partial charge in [-0.25, -0.2) is 19.0 Å². The van der Waals surface area contributed by atoms with Crippen LogP contribution in [0.2, 0.25) is 0 Å². The van der Waals surface area contributed by atoms with Gasteiger partial charge in [-0.2, -0.15) is 0 Å². The zero-order valence-corrected chi connectivity index (χ0v) is 23.7. The zero-order valence-electron chi connectivity index (χ0n) is 22.9. The van der Waals surface area contributed by atoms with E-state index in [0.29, 0.717) is 34.7 Å². The predicted molar refractivity (Wildman–Crippen MR) is 148 cm³/mol. The fraction of sp³-hybridized carbons (Fsp3) is 0.571. The minimum atomic E-state index is -0.454. The van der Waals surface area contributed by atoms with E-state index in [1.807, 2.05) is 12.1 Å². The normalized spacial score (nSPS) is 21.8. The van der Waals surface area contributed by atoms with Crippen molar-refractivity contribution in [1.29, 1.82) is 0 Å². The van der Waals surface area contributed by atoms with E-state index in [0.717, 1.165) is 62.2 Å². The first-order valence-corrected chi connectivity index (χ1v) is 14.5. The second-order valence-electron chi connectivity index (χ2n) is 10.5. The second-order valence-corrected chi connectivity index (χ2v) is 11.5. The molecule has 0 aliphatic carbocycles. The van der Waals surface area contributed by atoms with Gasteiger partial charge in [-0.15, -0.1) is 0 Å². The number of halogens is 1. The number of esters is 1. The highest BCUT2D eigenvalue weighted by atomic mass is 32.1. The molecule has 2 aromatic rings. The molecule has 1 aromatic carbocycles. The Morgan fingerprint density at radius 3 is 2.64 bits per heavy atom. The first-order valence-electron chi connectivity index (χ1n) is 13.7. The van der Waals surface area contributed by atoms with Crippen LogP contribution in [0.25, 0.3) is 0 Å². The third kappa shape index (κ3) is 7.98. The molecule has 0 saturated carbocycles. The molecule has 3 heterocycles. The lowest BCUT2D eigenvalue weighted by atomic mass is 9.87.